The molecule has 0 bridgehead atoms. The summed E-state index contributed by atoms with van der Waals surface area (Å²) in [7, 11) is 0. The van der Waals surface area contributed by atoms with Crippen LogP contribution in [-0.2, 0) is 9.59 Å². The van der Waals surface area contributed by atoms with Gasteiger partial charge in [-0.15, -0.1) is 10.2 Å². The number of thioether (sulfide) groups is 1. The SMILES string of the molecule is Cc1nnc(SCC(=O)N2c3ccccc3NC(=O)CC2C)n1-c1ccccc1. The van der Waals surface area contributed by atoms with Crippen molar-refractivity contribution in [1.29, 1.82) is 0 Å². The van der Waals surface area contributed by atoms with Crippen molar-refractivity contribution in [3.63, 3.8) is 0 Å². The number of rotatable bonds is 4. The molecule has 4 rings (SSSR count). The van der Waals surface area contributed by atoms with Crippen LogP contribution in [0.15, 0.2) is 59.8 Å². The minimum Gasteiger partial charge on any atom is -0.324 e. The summed E-state index contributed by atoms with van der Waals surface area (Å²) in [5, 5.41) is 12.0. The van der Waals surface area contributed by atoms with E-state index >= 15 is 0 Å². The number of nitrogens with zero attached hydrogens (tertiary/aromatic N) is 4. The summed E-state index contributed by atoms with van der Waals surface area (Å²) in [5.41, 5.74) is 2.33. The first-order chi connectivity index (χ1) is 14.0. The third-order valence-electron chi connectivity index (χ3n) is 4.76. The number of hydrogen-bond acceptors (Lipinski definition) is 5. The first-order valence-corrected chi connectivity index (χ1v) is 10.3. The fraction of sp³-hybridized carbons (Fsp3) is 0.238. The molecule has 29 heavy (non-hydrogen) atoms. The van der Waals surface area contributed by atoms with Crippen molar-refractivity contribution >= 4 is 35.0 Å². The Hall–Kier alpha value is -3.13. The van der Waals surface area contributed by atoms with E-state index in [1.165, 1.54) is 11.8 Å². The number of amides is 2. The number of nitrogens with one attached hydrogen (secondary N) is 1. The molecular weight excluding hydrogens is 386 g/mol. The number of benzene rings is 2. The molecule has 1 aromatic heterocycles. The van der Waals surface area contributed by atoms with Crippen LogP contribution in [0, 0.1) is 6.92 Å². The maximum atomic E-state index is 13.2. The molecule has 1 unspecified atom stereocenters. The van der Waals surface area contributed by atoms with Gasteiger partial charge in [0.15, 0.2) is 5.16 Å². The average molecular weight is 407 g/mol. The number of hydrogen-bond donors (Lipinski definition) is 1. The lowest BCUT2D eigenvalue weighted by molar-refractivity contribution is -0.117. The van der Waals surface area contributed by atoms with Gasteiger partial charge in [-0.3, -0.25) is 14.2 Å². The van der Waals surface area contributed by atoms with Gasteiger partial charge in [-0.2, -0.15) is 0 Å². The molecule has 0 fully saturated rings. The molecule has 1 atom stereocenters. The topological polar surface area (TPSA) is 80.1 Å². The van der Waals surface area contributed by atoms with Crippen molar-refractivity contribution in [2.45, 2.75) is 31.5 Å². The molecule has 1 aliphatic heterocycles. The number of aryl methyl sites for hydroxylation is 1. The van der Waals surface area contributed by atoms with Gasteiger partial charge in [-0.1, -0.05) is 42.1 Å². The summed E-state index contributed by atoms with van der Waals surface area (Å²) in [6.45, 7) is 3.77. The fourth-order valence-corrected chi connectivity index (χ4v) is 4.33. The Morgan fingerprint density at radius 1 is 1.14 bits per heavy atom. The number of carbonyl (C=O) groups excluding carboxylic acids is 2. The Morgan fingerprint density at radius 3 is 2.66 bits per heavy atom. The Balaban J connectivity index is 1.57. The van der Waals surface area contributed by atoms with E-state index in [1.54, 1.807) is 4.90 Å². The summed E-state index contributed by atoms with van der Waals surface area (Å²) in [6, 6.07) is 17.0. The lowest BCUT2D eigenvalue weighted by Gasteiger charge is -2.27. The highest BCUT2D eigenvalue weighted by Crippen LogP contribution is 2.32. The molecule has 148 valence electrons. The maximum Gasteiger partial charge on any atom is 0.237 e. The van der Waals surface area contributed by atoms with E-state index in [1.807, 2.05) is 73.0 Å². The minimum absolute atomic E-state index is 0.0771. The Labute approximate surface area is 173 Å². The van der Waals surface area contributed by atoms with Crippen molar-refractivity contribution in [2.75, 3.05) is 16.0 Å². The highest BCUT2D eigenvalue weighted by molar-refractivity contribution is 7.99. The van der Waals surface area contributed by atoms with E-state index in [2.05, 4.69) is 15.5 Å². The van der Waals surface area contributed by atoms with Crippen LogP contribution in [0.2, 0.25) is 0 Å². The number of fused-ring (bicyclic) bond motifs is 1. The first-order valence-electron chi connectivity index (χ1n) is 9.36. The zero-order chi connectivity index (χ0) is 20.4. The van der Waals surface area contributed by atoms with E-state index in [4.69, 9.17) is 0 Å². The lowest BCUT2D eigenvalue weighted by Crippen LogP contribution is -2.40. The molecule has 2 amide bonds. The predicted molar refractivity (Wildman–Crippen MR) is 113 cm³/mol. The van der Waals surface area contributed by atoms with Crippen molar-refractivity contribution in [1.82, 2.24) is 14.8 Å². The van der Waals surface area contributed by atoms with E-state index in [0.717, 1.165) is 17.2 Å². The third kappa shape index (κ3) is 3.88. The number of carbonyl (C=O) groups is 2. The third-order valence-corrected chi connectivity index (χ3v) is 5.68. The second-order valence-electron chi connectivity index (χ2n) is 6.87. The van der Waals surface area contributed by atoms with Gasteiger partial charge in [0, 0.05) is 18.2 Å². The minimum atomic E-state index is -0.236. The number of aromatic nitrogens is 3. The second-order valence-corrected chi connectivity index (χ2v) is 7.81. The molecule has 7 nitrogen and oxygen atoms in total. The molecular formula is C21H21N5O2S. The molecule has 2 heterocycles. The molecule has 0 aliphatic carbocycles. The highest BCUT2D eigenvalue weighted by Gasteiger charge is 2.29. The summed E-state index contributed by atoms with van der Waals surface area (Å²) in [6.07, 6.45) is 0.254. The maximum absolute atomic E-state index is 13.2. The number of para-hydroxylation sites is 3. The molecule has 1 aliphatic rings. The van der Waals surface area contributed by atoms with Crippen LogP contribution in [0.5, 0.6) is 0 Å². The van der Waals surface area contributed by atoms with Gasteiger partial charge in [0.1, 0.15) is 5.82 Å². The molecule has 1 N–H and O–H groups in total. The van der Waals surface area contributed by atoms with Crippen molar-refractivity contribution < 1.29 is 9.59 Å². The Kier molecular flexibility index (Phi) is 5.35. The van der Waals surface area contributed by atoms with E-state index in [9.17, 15) is 9.59 Å². The normalized spacial score (nSPS) is 16.1. The molecule has 2 aromatic carbocycles. The van der Waals surface area contributed by atoms with Crippen molar-refractivity contribution in [3.8, 4) is 5.69 Å². The van der Waals surface area contributed by atoms with Gasteiger partial charge in [0.05, 0.1) is 17.1 Å². The standard InChI is InChI=1S/C21H21N5O2S/c1-14-12-19(27)22-17-10-6-7-11-18(17)25(14)20(28)13-29-21-24-23-15(2)26(21)16-8-4-3-5-9-16/h3-11,14H,12-13H2,1-2H3,(H,22,27). The molecule has 0 radical (unpaired) electrons. The van der Waals surface area contributed by atoms with Crippen molar-refractivity contribution in [3.05, 3.63) is 60.4 Å². The summed E-state index contributed by atoms with van der Waals surface area (Å²) in [5.74, 6) is 0.783. The fourth-order valence-electron chi connectivity index (χ4n) is 3.47. The Morgan fingerprint density at radius 2 is 1.86 bits per heavy atom. The van der Waals surface area contributed by atoms with Crippen LogP contribution in [0.3, 0.4) is 0 Å². The monoisotopic (exact) mass is 407 g/mol. The van der Waals surface area contributed by atoms with Gasteiger partial charge in [-0.25, -0.2) is 0 Å². The first kappa shape index (κ1) is 19.2. The summed E-state index contributed by atoms with van der Waals surface area (Å²) >= 11 is 1.34. The highest BCUT2D eigenvalue weighted by atomic mass is 32.2. The molecule has 3 aromatic rings. The molecule has 0 saturated heterocycles. The van der Waals surface area contributed by atoms with E-state index < -0.39 is 0 Å². The average Bonchev–Trinajstić information content (AvgIpc) is 3.02. The van der Waals surface area contributed by atoms with Crippen LogP contribution >= 0.6 is 11.8 Å². The van der Waals surface area contributed by atoms with Gasteiger partial charge >= 0.3 is 0 Å². The smallest absolute Gasteiger partial charge is 0.237 e. The molecule has 0 spiro atoms. The summed E-state index contributed by atoms with van der Waals surface area (Å²) < 4.78 is 1.93. The van der Waals surface area contributed by atoms with Crippen LogP contribution in [0.4, 0.5) is 11.4 Å². The van der Waals surface area contributed by atoms with Gasteiger partial charge in [-0.05, 0) is 38.1 Å². The van der Waals surface area contributed by atoms with Gasteiger partial charge in [0.2, 0.25) is 11.8 Å². The molecule has 0 saturated carbocycles. The lowest BCUT2D eigenvalue weighted by atomic mass is 10.2. The van der Waals surface area contributed by atoms with Gasteiger partial charge in [0.25, 0.3) is 0 Å². The zero-order valence-electron chi connectivity index (χ0n) is 16.2. The molecule has 8 heteroatoms. The van der Waals surface area contributed by atoms with Crippen LogP contribution < -0.4 is 10.2 Å². The van der Waals surface area contributed by atoms with E-state index in [-0.39, 0.29) is 30.0 Å². The summed E-state index contributed by atoms with van der Waals surface area (Å²) in [4.78, 5) is 27.0. The number of anilines is 2. The van der Waals surface area contributed by atoms with E-state index in [0.29, 0.717) is 10.8 Å². The Bertz CT molecular complexity index is 1050. The van der Waals surface area contributed by atoms with Gasteiger partial charge < -0.3 is 10.2 Å². The largest absolute Gasteiger partial charge is 0.324 e. The second kappa shape index (κ2) is 8.08. The van der Waals surface area contributed by atoms with Crippen LogP contribution in [0.1, 0.15) is 19.2 Å². The predicted octanol–water partition coefficient (Wildman–Crippen LogP) is 3.43. The van der Waals surface area contributed by atoms with Crippen LogP contribution in [0.25, 0.3) is 5.69 Å². The van der Waals surface area contributed by atoms with Crippen LogP contribution in [-0.4, -0.2) is 38.4 Å². The quantitative estimate of drug-likeness (QED) is 0.670. The zero-order valence-corrected chi connectivity index (χ0v) is 17.0. The van der Waals surface area contributed by atoms with Crippen molar-refractivity contribution in [2.24, 2.45) is 0 Å².